The predicted octanol–water partition coefficient (Wildman–Crippen LogP) is 3.24. The van der Waals surface area contributed by atoms with Crippen LogP contribution in [0.2, 0.25) is 0 Å². The first-order chi connectivity index (χ1) is 17.0. The zero-order valence-corrected chi connectivity index (χ0v) is 19.3. The average Bonchev–Trinajstić information content (AvgIpc) is 2.89. The van der Waals surface area contributed by atoms with Gasteiger partial charge in [0.2, 0.25) is 0 Å². The Balaban J connectivity index is 1.52. The predicted molar refractivity (Wildman–Crippen MR) is 128 cm³/mol. The molecule has 0 spiro atoms. The number of methoxy groups -OCH3 is 1. The second-order valence-corrected chi connectivity index (χ2v) is 8.19. The lowest BCUT2D eigenvalue weighted by molar-refractivity contribution is 0.184. The van der Waals surface area contributed by atoms with Gasteiger partial charge < -0.3 is 20.5 Å². The molecule has 1 aliphatic rings. The molecule has 0 radical (unpaired) electrons. The number of aromatic nitrogens is 4. The summed E-state index contributed by atoms with van der Waals surface area (Å²) in [6.45, 7) is 0.376. The summed E-state index contributed by atoms with van der Waals surface area (Å²) >= 11 is 0. The van der Waals surface area contributed by atoms with Crippen molar-refractivity contribution in [2.75, 3.05) is 12.0 Å². The molecule has 1 aliphatic carbocycles. The van der Waals surface area contributed by atoms with Crippen molar-refractivity contribution in [2.24, 2.45) is 0 Å². The van der Waals surface area contributed by atoms with Crippen LogP contribution in [-0.4, -0.2) is 56.4 Å². The standard InChI is InChI=1S/C24H27N7O4/c1-35-22-27-12-17(13-28-22)20-14-26-21(15-25-20)31(19-9-7-18(8-10-19)30-24(33)34)23(32)29-11-16-5-3-2-4-6-16/h2-6,12-15,18-19,30H,7-11H2,1H3,(H,29,32)(H,33,34)/t18-,19-. The molecule has 2 aromatic heterocycles. The molecule has 0 bridgehead atoms. The Bertz CT molecular complexity index is 1120. The van der Waals surface area contributed by atoms with E-state index >= 15 is 0 Å². The van der Waals surface area contributed by atoms with Crippen molar-refractivity contribution in [2.45, 2.75) is 44.3 Å². The summed E-state index contributed by atoms with van der Waals surface area (Å²) in [4.78, 5) is 43.1. The van der Waals surface area contributed by atoms with E-state index in [0.717, 1.165) is 5.56 Å². The van der Waals surface area contributed by atoms with Crippen LogP contribution in [0.25, 0.3) is 11.3 Å². The monoisotopic (exact) mass is 477 g/mol. The molecule has 182 valence electrons. The van der Waals surface area contributed by atoms with Crippen molar-refractivity contribution in [1.29, 1.82) is 0 Å². The Labute approximate surface area is 202 Å². The third-order valence-electron chi connectivity index (χ3n) is 5.89. The zero-order chi connectivity index (χ0) is 24.6. The molecule has 1 saturated carbocycles. The number of amides is 3. The molecular formula is C24H27N7O4. The van der Waals surface area contributed by atoms with Gasteiger partial charge in [0.25, 0.3) is 0 Å². The number of urea groups is 1. The van der Waals surface area contributed by atoms with E-state index in [1.54, 1.807) is 29.7 Å². The van der Waals surface area contributed by atoms with Crippen molar-refractivity contribution in [3.63, 3.8) is 0 Å². The minimum absolute atomic E-state index is 0.124. The van der Waals surface area contributed by atoms with Crippen molar-refractivity contribution in [3.05, 3.63) is 60.7 Å². The lowest BCUT2D eigenvalue weighted by Crippen LogP contribution is -2.50. The van der Waals surface area contributed by atoms with E-state index in [9.17, 15) is 9.59 Å². The van der Waals surface area contributed by atoms with Gasteiger partial charge in [-0.25, -0.2) is 24.5 Å². The maximum absolute atomic E-state index is 13.3. The number of carbonyl (C=O) groups is 2. The Kier molecular flexibility index (Phi) is 7.66. The first-order valence-corrected chi connectivity index (χ1v) is 11.3. The number of benzene rings is 1. The highest BCUT2D eigenvalue weighted by Crippen LogP contribution is 2.27. The third-order valence-corrected chi connectivity index (χ3v) is 5.89. The van der Waals surface area contributed by atoms with Gasteiger partial charge in [-0.3, -0.25) is 9.88 Å². The van der Waals surface area contributed by atoms with E-state index in [4.69, 9.17) is 9.84 Å². The normalized spacial score (nSPS) is 17.3. The van der Waals surface area contributed by atoms with Gasteiger partial charge in [0, 0.05) is 36.6 Å². The molecule has 11 nitrogen and oxygen atoms in total. The molecule has 4 rings (SSSR count). The largest absolute Gasteiger partial charge is 0.467 e. The minimum atomic E-state index is -1.03. The van der Waals surface area contributed by atoms with Gasteiger partial charge in [0.05, 0.1) is 25.2 Å². The van der Waals surface area contributed by atoms with E-state index in [1.165, 1.54) is 7.11 Å². The van der Waals surface area contributed by atoms with Crippen LogP contribution in [0.4, 0.5) is 15.4 Å². The van der Waals surface area contributed by atoms with Crippen LogP contribution in [0.1, 0.15) is 31.2 Å². The lowest BCUT2D eigenvalue weighted by atomic mass is 9.90. The lowest BCUT2D eigenvalue weighted by Gasteiger charge is -2.36. The molecule has 2 heterocycles. The molecule has 35 heavy (non-hydrogen) atoms. The van der Waals surface area contributed by atoms with E-state index in [0.29, 0.717) is 49.3 Å². The number of carbonyl (C=O) groups excluding carboxylic acids is 1. The summed E-state index contributed by atoms with van der Waals surface area (Å²) in [5.74, 6) is 0.420. The second kappa shape index (κ2) is 11.2. The van der Waals surface area contributed by atoms with Crippen LogP contribution in [-0.2, 0) is 6.54 Å². The van der Waals surface area contributed by atoms with Crippen molar-refractivity contribution >= 4 is 17.9 Å². The molecule has 0 atom stereocenters. The maximum Gasteiger partial charge on any atom is 0.404 e. The topological polar surface area (TPSA) is 142 Å². The highest BCUT2D eigenvalue weighted by molar-refractivity contribution is 5.91. The minimum Gasteiger partial charge on any atom is -0.467 e. The van der Waals surface area contributed by atoms with E-state index in [1.807, 2.05) is 30.3 Å². The van der Waals surface area contributed by atoms with Gasteiger partial charge in [-0.2, -0.15) is 0 Å². The van der Waals surface area contributed by atoms with E-state index in [-0.39, 0.29) is 24.1 Å². The number of hydrogen-bond donors (Lipinski definition) is 3. The number of nitrogens with one attached hydrogen (secondary N) is 2. The van der Waals surface area contributed by atoms with Crippen LogP contribution in [0.5, 0.6) is 6.01 Å². The molecule has 0 unspecified atom stereocenters. The Hall–Kier alpha value is -4.28. The first kappa shape index (κ1) is 23.9. The molecule has 3 N–H and O–H groups in total. The SMILES string of the molecule is COc1ncc(-c2cnc(N(C(=O)NCc3ccccc3)[C@H]3CC[C@H](NC(=O)O)CC3)cn2)cn1. The van der Waals surface area contributed by atoms with Crippen LogP contribution < -0.4 is 20.3 Å². The molecule has 0 aliphatic heterocycles. The number of carboxylic acid groups (broad SMARTS) is 1. The average molecular weight is 478 g/mol. The van der Waals surface area contributed by atoms with E-state index in [2.05, 4.69) is 30.6 Å². The number of hydrogen-bond acceptors (Lipinski definition) is 7. The Morgan fingerprint density at radius 1 is 1.00 bits per heavy atom. The van der Waals surface area contributed by atoms with Gasteiger partial charge in [-0.15, -0.1) is 0 Å². The summed E-state index contributed by atoms with van der Waals surface area (Å²) in [6.07, 6.45) is 7.84. The van der Waals surface area contributed by atoms with E-state index < -0.39 is 6.09 Å². The molecule has 1 aromatic carbocycles. The van der Waals surface area contributed by atoms with Gasteiger partial charge in [0.1, 0.15) is 0 Å². The van der Waals surface area contributed by atoms with Crippen molar-refractivity contribution in [1.82, 2.24) is 30.6 Å². The summed E-state index contributed by atoms with van der Waals surface area (Å²) in [5.41, 5.74) is 2.22. The molecule has 11 heteroatoms. The number of nitrogens with zero attached hydrogens (tertiary/aromatic N) is 5. The fourth-order valence-corrected chi connectivity index (χ4v) is 4.12. The second-order valence-electron chi connectivity index (χ2n) is 8.19. The van der Waals surface area contributed by atoms with Gasteiger partial charge in [-0.05, 0) is 31.2 Å². The maximum atomic E-state index is 13.3. The third kappa shape index (κ3) is 6.19. The molecule has 0 saturated heterocycles. The first-order valence-electron chi connectivity index (χ1n) is 11.3. The quantitative estimate of drug-likeness (QED) is 0.471. The van der Waals surface area contributed by atoms with Crippen LogP contribution in [0, 0.1) is 0 Å². The van der Waals surface area contributed by atoms with Crippen LogP contribution in [0.3, 0.4) is 0 Å². The number of anilines is 1. The molecular weight excluding hydrogens is 450 g/mol. The van der Waals surface area contributed by atoms with Gasteiger partial charge >= 0.3 is 18.1 Å². The van der Waals surface area contributed by atoms with Crippen LogP contribution >= 0.6 is 0 Å². The smallest absolute Gasteiger partial charge is 0.404 e. The van der Waals surface area contributed by atoms with Crippen molar-refractivity contribution in [3.8, 4) is 17.3 Å². The fourth-order valence-electron chi connectivity index (χ4n) is 4.12. The zero-order valence-electron chi connectivity index (χ0n) is 19.3. The van der Waals surface area contributed by atoms with Crippen molar-refractivity contribution < 1.29 is 19.4 Å². The highest BCUT2D eigenvalue weighted by Gasteiger charge is 2.31. The summed E-state index contributed by atoms with van der Waals surface area (Å²) < 4.78 is 4.99. The number of ether oxygens (including phenoxy) is 1. The summed E-state index contributed by atoms with van der Waals surface area (Å²) in [6, 6.07) is 9.37. The molecule has 1 fully saturated rings. The van der Waals surface area contributed by atoms with Gasteiger partial charge in [0.15, 0.2) is 5.82 Å². The molecule has 3 amide bonds. The summed E-state index contributed by atoms with van der Waals surface area (Å²) in [5, 5.41) is 14.5. The number of rotatable bonds is 7. The van der Waals surface area contributed by atoms with Gasteiger partial charge in [-0.1, -0.05) is 30.3 Å². The fraction of sp³-hybridized carbons (Fsp3) is 0.333. The van der Waals surface area contributed by atoms with Crippen LogP contribution in [0.15, 0.2) is 55.1 Å². The molecule has 3 aromatic rings. The summed E-state index contributed by atoms with van der Waals surface area (Å²) in [7, 11) is 1.49. The Morgan fingerprint density at radius 2 is 1.71 bits per heavy atom. The highest BCUT2D eigenvalue weighted by atomic mass is 16.5. The Morgan fingerprint density at radius 3 is 2.31 bits per heavy atom.